The Balaban J connectivity index is 1.53. The summed E-state index contributed by atoms with van der Waals surface area (Å²) in [6, 6.07) is 12.6. The van der Waals surface area contributed by atoms with Crippen LogP contribution in [0.2, 0.25) is 0 Å². The standard InChI is InChI=1S/C21H28N4O/c1-16-7-6-10-24(12-16)20-11-21(23-15-22-20)25-13-17(2)26-19(14-25)18-8-4-3-5-9-18/h3-5,8-9,11,15-17,19H,6-7,10,12-14H2,1-2H3. The van der Waals surface area contributed by atoms with Crippen LogP contribution in [-0.2, 0) is 4.74 Å². The van der Waals surface area contributed by atoms with E-state index in [0.717, 1.165) is 43.7 Å². The van der Waals surface area contributed by atoms with E-state index in [-0.39, 0.29) is 12.2 Å². The van der Waals surface area contributed by atoms with Gasteiger partial charge in [0.25, 0.3) is 0 Å². The van der Waals surface area contributed by atoms with Crippen molar-refractivity contribution in [1.29, 1.82) is 0 Å². The first kappa shape index (κ1) is 17.3. The zero-order chi connectivity index (χ0) is 17.9. The monoisotopic (exact) mass is 352 g/mol. The summed E-state index contributed by atoms with van der Waals surface area (Å²) >= 11 is 0. The highest BCUT2D eigenvalue weighted by Crippen LogP contribution is 2.29. The first-order chi connectivity index (χ1) is 12.7. The summed E-state index contributed by atoms with van der Waals surface area (Å²) < 4.78 is 6.19. The van der Waals surface area contributed by atoms with Crippen molar-refractivity contribution < 1.29 is 4.74 Å². The number of aromatic nitrogens is 2. The van der Waals surface area contributed by atoms with E-state index < -0.39 is 0 Å². The van der Waals surface area contributed by atoms with Gasteiger partial charge in [-0.25, -0.2) is 9.97 Å². The van der Waals surface area contributed by atoms with Crippen molar-refractivity contribution in [3.8, 4) is 0 Å². The average Bonchev–Trinajstić information content (AvgIpc) is 2.68. The van der Waals surface area contributed by atoms with E-state index in [4.69, 9.17) is 4.74 Å². The first-order valence-corrected chi connectivity index (χ1v) is 9.71. The number of hydrogen-bond acceptors (Lipinski definition) is 5. The average molecular weight is 352 g/mol. The molecule has 4 rings (SSSR count). The van der Waals surface area contributed by atoms with E-state index >= 15 is 0 Å². The number of benzene rings is 1. The van der Waals surface area contributed by atoms with E-state index in [1.807, 2.05) is 6.07 Å². The Kier molecular flexibility index (Phi) is 5.07. The third kappa shape index (κ3) is 3.83. The number of rotatable bonds is 3. The molecule has 2 saturated heterocycles. The highest BCUT2D eigenvalue weighted by atomic mass is 16.5. The summed E-state index contributed by atoms with van der Waals surface area (Å²) in [5.41, 5.74) is 1.23. The van der Waals surface area contributed by atoms with Gasteiger partial charge in [0, 0.05) is 32.2 Å². The van der Waals surface area contributed by atoms with Crippen molar-refractivity contribution in [1.82, 2.24) is 9.97 Å². The fourth-order valence-corrected chi connectivity index (χ4v) is 4.07. The lowest BCUT2D eigenvalue weighted by Gasteiger charge is -2.38. The molecule has 0 bridgehead atoms. The number of nitrogens with zero attached hydrogens (tertiary/aromatic N) is 4. The molecule has 0 N–H and O–H groups in total. The molecule has 2 aliphatic rings. The van der Waals surface area contributed by atoms with Gasteiger partial charge in [-0.05, 0) is 31.2 Å². The Hall–Kier alpha value is -2.14. The van der Waals surface area contributed by atoms with Gasteiger partial charge in [0.2, 0.25) is 0 Å². The highest BCUT2D eigenvalue weighted by Gasteiger charge is 2.28. The predicted octanol–water partition coefficient (Wildman–Crippen LogP) is 3.68. The lowest BCUT2D eigenvalue weighted by Crippen LogP contribution is -2.43. The molecule has 0 radical (unpaired) electrons. The topological polar surface area (TPSA) is 41.5 Å². The van der Waals surface area contributed by atoms with E-state index in [2.05, 4.69) is 63.9 Å². The van der Waals surface area contributed by atoms with Gasteiger partial charge in [0.15, 0.2) is 0 Å². The third-order valence-corrected chi connectivity index (χ3v) is 5.37. The summed E-state index contributed by atoms with van der Waals surface area (Å²) in [5, 5.41) is 0. The van der Waals surface area contributed by atoms with Crippen LogP contribution >= 0.6 is 0 Å². The maximum atomic E-state index is 6.19. The second kappa shape index (κ2) is 7.62. The van der Waals surface area contributed by atoms with E-state index in [1.54, 1.807) is 6.33 Å². The summed E-state index contributed by atoms with van der Waals surface area (Å²) in [6.45, 7) is 8.31. The summed E-state index contributed by atoms with van der Waals surface area (Å²) in [7, 11) is 0. The molecule has 0 amide bonds. The molecule has 0 spiro atoms. The molecular formula is C21H28N4O. The Morgan fingerprint density at radius 3 is 2.50 bits per heavy atom. The minimum absolute atomic E-state index is 0.0772. The molecular weight excluding hydrogens is 324 g/mol. The van der Waals surface area contributed by atoms with Crippen molar-refractivity contribution in [3.63, 3.8) is 0 Å². The van der Waals surface area contributed by atoms with Crippen LogP contribution in [0.5, 0.6) is 0 Å². The largest absolute Gasteiger partial charge is 0.367 e. The lowest BCUT2D eigenvalue weighted by atomic mass is 10.0. The quantitative estimate of drug-likeness (QED) is 0.843. The van der Waals surface area contributed by atoms with Gasteiger partial charge in [-0.1, -0.05) is 37.3 Å². The molecule has 1 aromatic heterocycles. The van der Waals surface area contributed by atoms with Crippen LogP contribution in [0.3, 0.4) is 0 Å². The number of anilines is 2. The molecule has 0 aliphatic carbocycles. The smallest absolute Gasteiger partial charge is 0.134 e. The van der Waals surface area contributed by atoms with Crippen molar-refractivity contribution >= 4 is 11.6 Å². The zero-order valence-electron chi connectivity index (χ0n) is 15.7. The van der Waals surface area contributed by atoms with Gasteiger partial charge in [-0.3, -0.25) is 0 Å². The minimum Gasteiger partial charge on any atom is -0.367 e. The molecule has 0 saturated carbocycles. The summed E-state index contributed by atoms with van der Waals surface area (Å²) in [6.07, 6.45) is 4.51. The number of ether oxygens (including phenoxy) is 1. The van der Waals surface area contributed by atoms with E-state index in [0.29, 0.717) is 0 Å². The molecule has 138 valence electrons. The molecule has 3 unspecified atom stereocenters. The van der Waals surface area contributed by atoms with Gasteiger partial charge < -0.3 is 14.5 Å². The van der Waals surface area contributed by atoms with Gasteiger partial charge in [-0.2, -0.15) is 0 Å². The number of morpholine rings is 1. The van der Waals surface area contributed by atoms with Crippen LogP contribution in [0.15, 0.2) is 42.7 Å². The van der Waals surface area contributed by atoms with Crippen molar-refractivity contribution in [2.75, 3.05) is 36.0 Å². The van der Waals surface area contributed by atoms with Gasteiger partial charge in [0.1, 0.15) is 24.1 Å². The number of piperidine rings is 1. The molecule has 2 aromatic rings. The minimum atomic E-state index is 0.0772. The molecule has 5 heteroatoms. The van der Waals surface area contributed by atoms with Crippen molar-refractivity contribution in [2.24, 2.45) is 5.92 Å². The SMILES string of the molecule is CC1CCCN(c2cc(N3CC(C)OC(c4ccccc4)C3)ncn2)C1. The Morgan fingerprint density at radius 1 is 0.962 bits per heavy atom. The summed E-state index contributed by atoms with van der Waals surface area (Å²) in [4.78, 5) is 13.9. The molecule has 3 atom stereocenters. The summed E-state index contributed by atoms with van der Waals surface area (Å²) in [5.74, 6) is 2.79. The van der Waals surface area contributed by atoms with Crippen LogP contribution in [0.25, 0.3) is 0 Å². The van der Waals surface area contributed by atoms with Gasteiger partial charge in [-0.15, -0.1) is 0 Å². The number of hydrogen-bond donors (Lipinski definition) is 0. The Labute approximate surface area is 156 Å². The second-order valence-electron chi connectivity index (χ2n) is 7.68. The normalized spacial score (nSPS) is 26.8. The maximum absolute atomic E-state index is 6.19. The highest BCUT2D eigenvalue weighted by molar-refractivity contribution is 5.51. The van der Waals surface area contributed by atoms with Crippen LogP contribution in [0.1, 0.15) is 38.4 Å². The van der Waals surface area contributed by atoms with Gasteiger partial charge in [0.05, 0.1) is 6.10 Å². The lowest BCUT2D eigenvalue weighted by molar-refractivity contribution is -0.0176. The van der Waals surface area contributed by atoms with Gasteiger partial charge >= 0.3 is 0 Å². The fourth-order valence-electron chi connectivity index (χ4n) is 4.07. The first-order valence-electron chi connectivity index (χ1n) is 9.71. The Morgan fingerprint density at radius 2 is 1.73 bits per heavy atom. The maximum Gasteiger partial charge on any atom is 0.134 e. The Bertz CT molecular complexity index is 723. The van der Waals surface area contributed by atoms with Crippen LogP contribution < -0.4 is 9.80 Å². The van der Waals surface area contributed by atoms with Crippen molar-refractivity contribution in [3.05, 3.63) is 48.3 Å². The van der Waals surface area contributed by atoms with Crippen molar-refractivity contribution in [2.45, 2.75) is 38.9 Å². The molecule has 2 fully saturated rings. The molecule has 26 heavy (non-hydrogen) atoms. The molecule has 1 aromatic carbocycles. The zero-order valence-corrected chi connectivity index (χ0v) is 15.7. The third-order valence-electron chi connectivity index (χ3n) is 5.37. The molecule has 3 heterocycles. The predicted molar refractivity (Wildman–Crippen MR) is 105 cm³/mol. The second-order valence-corrected chi connectivity index (χ2v) is 7.68. The van der Waals surface area contributed by atoms with Crippen LogP contribution in [0.4, 0.5) is 11.6 Å². The molecule has 5 nitrogen and oxygen atoms in total. The van der Waals surface area contributed by atoms with Crippen LogP contribution in [-0.4, -0.2) is 42.3 Å². The van der Waals surface area contributed by atoms with Crippen LogP contribution in [0, 0.1) is 5.92 Å². The van der Waals surface area contributed by atoms with E-state index in [1.165, 1.54) is 18.4 Å². The fraction of sp³-hybridized carbons (Fsp3) is 0.524. The molecule has 2 aliphatic heterocycles. The van der Waals surface area contributed by atoms with E-state index in [9.17, 15) is 0 Å².